The third-order valence-corrected chi connectivity index (χ3v) is 1.20. The summed E-state index contributed by atoms with van der Waals surface area (Å²) in [6, 6.07) is 4.94. The minimum Gasteiger partial charge on any atom is -0.380 e. The molecule has 53 valence electrons. The molecule has 10 heavy (non-hydrogen) atoms. The van der Waals surface area contributed by atoms with Gasteiger partial charge in [0.25, 0.3) is 0 Å². The maximum absolute atomic E-state index is 4.92. The van der Waals surface area contributed by atoms with Crippen LogP contribution in [0.1, 0.15) is 11.3 Å². The van der Waals surface area contributed by atoms with Crippen LogP contribution in [0.2, 0.25) is 0 Å². The molecular weight excluding hydrogens is 126 g/mol. The molecule has 1 radical (unpaired) electrons. The summed E-state index contributed by atoms with van der Waals surface area (Å²) >= 11 is 0. The van der Waals surface area contributed by atoms with Gasteiger partial charge in [-0.2, -0.15) is 0 Å². The van der Waals surface area contributed by atoms with Crippen LogP contribution >= 0.6 is 0 Å². The molecule has 0 aliphatic carbocycles. The molecule has 0 saturated heterocycles. The summed E-state index contributed by atoms with van der Waals surface area (Å²) in [6.45, 7) is 2.57. The van der Waals surface area contributed by atoms with Crippen molar-refractivity contribution in [2.45, 2.75) is 13.5 Å². The van der Waals surface area contributed by atoms with Gasteiger partial charge in [0.15, 0.2) is 0 Å². The van der Waals surface area contributed by atoms with Crippen molar-refractivity contribution >= 4 is 0 Å². The largest absolute Gasteiger partial charge is 0.380 e. The van der Waals surface area contributed by atoms with Crippen LogP contribution in [-0.4, -0.2) is 12.1 Å². The van der Waals surface area contributed by atoms with Crippen LogP contribution in [0.15, 0.2) is 12.3 Å². The third kappa shape index (κ3) is 1.81. The fourth-order valence-electron chi connectivity index (χ4n) is 0.787. The van der Waals surface area contributed by atoms with Crippen LogP contribution in [0.4, 0.5) is 0 Å². The predicted molar refractivity (Wildman–Crippen MR) is 38.5 cm³/mol. The average Bonchev–Trinajstić information content (AvgIpc) is 1.88. The maximum Gasteiger partial charge on any atom is 0.0720 e. The van der Waals surface area contributed by atoms with Gasteiger partial charge in [0.2, 0.25) is 0 Å². The van der Waals surface area contributed by atoms with E-state index in [1.165, 1.54) is 0 Å². The van der Waals surface area contributed by atoms with Crippen molar-refractivity contribution in [3.63, 3.8) is 0 Å². The van der Waals surface area contributed by atoms with Crippen LogP contribution in [0.5, 0.6) is 0 Å². The molecule has 0 amide bonds. The van der Waals surface area contributed by atoms with Crippen molar-refractivity contribution in [1.29, 1.82) is 0 Å². The van der Waals surface area contributed by atoms with Gasteiger partial charge in [-0.1, -0.05) is 0 Å². The van der Waals surface area contributed by atoms with Gasteiger partial charge in [-0.25, -0.2) is 0 Å². The number of methoxy groups -OCH3 is 1. The molecule has 0 saturated carbocycles. The van der Waals surface area contributed by atoms with Crippen molar-refractivity contribution < 1.29 is 4.74 Å². The second-order valence-electron chi connectivity index (χ2n) is 2.15. The zero-order valence-electron chi connectivity index (χ0n) is 6.22. The standard InChI is InChI=1S/C8H10NO/c1-7-5-8(6-10-2)3-4-9-7/h4-5H,6H2,1-2H3. The van der Waals surface area contributed by atoms with Crippen LogP contribution in [0.25, 0.3) is 0 Å². The van der Waals surface area contributed by atoms with Gasteiger partial charge >= 0.3 is 0 Å². The van der Waals surface area contributed by atoms with E-state index in [-0.39, 0.29) is 0 Å². The first-order chi connectivity index (χ1) is 4.83. The van der Waals surface area contributed by atoms with E-state index in [0.29, 0.717) is 6.61 Å². The fraction of sp³-hybridized carbons (Fsp3) is 0.375. The molecule has 0 spiro atoms. The van der Waals surface area contributed by atoms with Crippen molar-refractivity contribution in [3.8, 4) is 0 Å². The van der Waals surface area contributed by atoms with E-state index < -0.39 is 0 Å². The molecule has 1 heterocycles. The Morgan fingerprint density at radius 2 is 2.50 bits per heavy atom. The number of hydrogen-bond donors (Lipinski definition) is 0. The molecule has 0 aliphatic heterocycles. The number of rotatable bonds is 2. The van der Waals surface area contributed by atoms with Crippen molar-refractivity contribution in [2.75, 3.05) is 7.11 Å². The normalized spacial score (nSPS) is 9.80. The molecule has 0 unspecified atom stereocenters. The summed E-state index contributed by atoms with van der Waals surface area (Å²) in [5.74, 6) is 0. The summed E-state index contributed by atoms with van der Waals surface area (Å²) < 4.78 is 4.92. The zero-order valence-corrected chi connectivity index (χ0v) is 6.22. The van der Waals surface area contributed by atoms with E-state index in [0.717, 1.165) is 11.3 Å². The van der Waals surface area contributed by atoms with Gasteiger partial charge in [-0.3, -0.25) is 4.98 Å². The molecule has 0 fully saturated rings. The lowest BCUT2D eigenvalue weighted by atomic mass is 10.2. The lowest BCUT2D eigenvalue weighted by Crippen LogP contribution is -1.89. The number of aromatic nitrogens is 1. The maximum atomic E-state index is 4.92. The Morgan fingerprint density at radius 3 is 3.10 bits per heavy atom. The lowest BCUT2D eigenvalue weighted by Gasteiger charge is -1.97. The Morgan fingerprint density at radius 1 is 1.70 bits per heavy atom. The predicted octanol–water partition coefficient (Wildman–Crippen LogP) is 1.34. The van der Waals surface area contributed by atoms with E-state index in [4.69, 9.17) is 4.74 Å². The molecule has 1 aromatic heterocycles. The molecule has 1 rings (SSSR count). The smallest absolute Gasteiger partial charge is 0.0720 e. The van der Waals surface area contributed by atoms with E-state index in [2.05, 4.69) is 11.1 Å². The molecule has 1 aromatic rings. The first-order valence-corrected chi connectivity index (χ1v) is 3.15. The molecule has 0 atom stereocenters. The third-order valence-electron chi connectivity index (χ3n) is 1.20. The molecule has 0 N–H and O–H groups in total. The number of ether oxygens (including phenoxy) is 1. The SMILES string of the molecule is COCc1[c]cnc(C)c1. The van der Waals surface area contributed by atoms with Crippen LogP contribution in [0, 0.1) is 13.0 Å². The van der Waals surface area contributed by atoms with E-state index >= 15 is 0 Å². The highest BCUT2D eigenvalue weighted by atomic mass is 16.5. The van der Waals surface area contributed by atoms with Crippen LogP contribution in [0.3, 0.4) is 0 Å². The Bertz CT molecular complexity index is 210. The average molecular weight is 136 g/mol. The molecule has 2 nitrogen and oxygen atoms in total. The molecule has 0 bridgehead atoms. The van der Waals surface area contributed by atoms with Crippen LogP contribution in [-0.2, 0) is 11.3 Å². The number of aryl methyl sites for hydroxylation is 1. The fourth-order valence-corrected chi connectivity index (χ4v) is 0.787. The van der Waals surface area contributed by atoms with Crippen molar-refractivity contribution in [3.05, 3.63) is 29.6 Å². The Balaban J connectivity index is 2.75. The Kier molecular flexibility index (Phi) is 2.40. The van der Waals surface area contributed by atoms with Crippen molar-refractivity contribution in [1.82, 2.24) is 4.98 Å². The van der Waals surface area contributed by atoms with Gasteiger partial charge in [-0.05, 0) is 18.6 Å². The first kappa shape index (κ1) is 7.22. The van der Waals surface area contributed by atoms with Gasteiger partial charge in [0, 0.05) is 25.1 Å². The highest BCUT2D eigenvalue weighted by Crippen LogP contribution is 1.99. The summed E-state index contributed by atoms with van der Waals surface area (Å²) in [4.78, 5) is 4.01. The highest BCUT2D eigenvalue weighted by molar-refractivity contribution is 5.12. The van der Waals surface area contributed by atoms with Gasteiger partial charge < -0.3 is 4.74 Å². The second kappa shape index (κ2) is 3.32. The monoisotopic (exact) mass is 136 g/mol. The minimum atomic E-state index is 0.614. The van der Waals surface area contributed by atoms with Crippen LogP contribution < -0.4 is 0 Å². The molecular formula is C8H10NO. The van der Waals surface area contributed by atoms with E-state index in [9.17, 15) is 0 Å². The summed E-state index contributed by atoms with van der Waals surface area (Å²) in [5.41, 5.74) is 2.06. The summed E-state index contributed by atoms with van der Waals surface area (Å²) in [5, 5.41) is 0. The van der Waals surface area contributed by atoms with Gasteiger partial charge in [0.1, 0.15) is 0 Å². The molecule has 0 aliphatic rings. The zero-order chi connectivity index (χ0) is 7.40. The topological polar surface area (TPSA) is 22.1 Å². The molecule has 2 heteroatoms. The highest BCUT2D eigenvalue weighted by Gasteiger charge is 1.90. The second-order valence-corrected chi connectivity index (χ2v) is 2.15. The molecule has 0 aromatic carbocycles. The summed E-state index contributed by atoms with van der Waals surface area (Å²) in [6.07, 6.45) is 1.67. The quantitative estimate of drug-likeness (QED) is 0.612. The van der Waals surface area contributed by atoms with Gasteiger partial charge in [0.05, 0.1) is 6.61 Å². The lowest BCUT2D eigenvalue weighted by molar-refractivity contribution is 0.184. The minimum absolute atomic E-state index is 0.614. The Hall–Kier alpha value is -0.890. The van der Waals surface area contributed by atoms with Crippen molar-refractivity contribution in [2.24, 2.45) is 0 Å². The van der Waals surface area contributed by atoms with E-state index in [1.54, 1.807) is 13.3 Å². The summed E-state index contributed by atoms with van der Waals surface area (Å²) in [7, 11) is 1.67. The van der Waals surface area contributed by atoms with Gasteiger partial charge in [-0.15, -0.1) is 0 Å². The number of hydrogen-bond acceptors (Lipinski definition) is 2. The Labute approximate surface area is 60.9 Å². The number of pyridine rings is 1. The first-order valence-electron chi connectivity index (χ1n) is 3.15. The number of nitrogens with zero attached hydrogens (tertiary/aromatic N) is 1. The van der Waals surface area contributed by atoms with E-state index in [1.807, 2.05) is 13.0 Å².